The van der Waals surface area contributed by atoms with Crippen molar-refractivity contribution in [2.24, 2.45) is 0 Å². The smallest absolute Gasteiger partial charge is 0.0455 e. The van der Waals surface area contributed by atoms with Crippen LogP contribution in [-0.4, -0.2) is 0 Å². The normalized spacial score (nSPS) is 13.8. The largest absolute Gasteiger partial charge is 0.326 e. The number of hydrogen-bond acceptors (Lipinski definition) is 2. The minimum atomic E-state index is 0.994. The maximum Gasteiger partial charge on any atom is 0.0455 e. The lowest BCUT2D eigenvalue weighted by Gasteiger charge is -2.01. The molecule has 1 aliphatic heterocycles. The predicted molar refractivity (Wildman–Crippen MR) is 59.2 cm³/mol. The van der Waals surface area contributed by atoms with Gasteiger partial charge in [0, 0.05) is 16.2 Å². The second-order valence-electron chi connectivity index (χ2n) is 3.17. The molecule has 1 heterocycles. The van der Waals surface area contributed by atoms with Gasteiger partial charge in [-0.1, -0.05) is 30.9 Å². The molecule has 1 nitrogen and oxygen atoms in total. The van der Waals surface area contributed by atoms with Gasteiger partial charge in [0.1, 0.15) is 0 Å². The number of benzene rings is 1. The molecule has 1 aromatic rings. The molecule has 1 N–H and O–H groups in total. The summed E-state index contributed by atoms with van der Waals surface area (Å²) in [6.45, 7) is 9.85. The van der Waals surface area contributed by atoms with Crippen LogP contribution in [0.25, 0.3) is 11.3 Å². The number of hydrogen-bond donors (Lipinski definition) is 1. The zero-order chi connectivity index (χ0) is 9.42. The maximum atomic E-state index is 3.92. The Labute approximate surface area is 82.7 Å². The van der Waals surface area contributed by atoms with Gasteiger partial charge in [-0.2, -0.15) is 0 Å². The summed E-state index contributed by atoms with van der Waals surface area (Å²) in [5.74, 6) is 0. The summed E-state index contributed by atoms with van der Waals surface area (Å²) < 4.78 is 3.14. The van der Waals surface area contributed by atoms with E-state index in [1.165, 1.54) is 16.0 Å². The van der Waals surface area contributed by atoms with Gasteiger partial charge < -0.3 is 4.72 Å². The van der Waals surface area contributed by atoms with Crippen LogP contribution in [0.15, 0.2) is 36.3 Å². The highest BCUT2D eigenvalue weighted by Crippen LogP contribution is 2.34. The quantitative estimate of drug-likeness (QED) is 0.680. The van der Waals surface area contributed by atoms with Gasteiger partial charge in [0.15, 0.2) is 0 Å². The number of rotatable bonds is 1. The van der Waals surface area contributed by atoms with Crippen LogP contribution in [-0.2, 0) is 0 Å². The van der Waals surface area contributed by atoms with Crippen molar-refractivity contribution in [1.82, 2.24) is 4.72 Å². The van der Waals surface area contributed by atoms with E-state index in [2.05, 4.69) is 36.1 Å². The van der Waals surface area contributed by atoms with Gasteiger partial charge in [0.25, 0.3) is 0 Å². The third-order valence-corrected chi connectivity index (χ3v) is 2.99. The first-order chi connectivity index (χ1) is 6.18. The van der Waals surface area contributed by atoms with Crippen LogP contribution in [0.3, 0.4) is 0 Å². The minimum Gasteiger partial charge on any atom is -0.326 e. The fourth-order valence-corrected chi connectivity index (χ4v) is 2.12. The van der Waals surface area contributed by atoms with Gasteiger partial charge in [-0.05, 0) is 30.5 Å². The third-order valence-electron chi connectivity index (χ3n) is 2.08. The Hall–Kier alpha value is -1.15. The average molecular weight is 189 g/mol. The first-order valence-electron chi connectivity index (χ1n) is 4.10. The highest BCUT2D eigenvalue weighted by atomic mass is 32.2. The summed E-state index contributed by atoms with van der Waals surface area (Å²) in [6, 6.07) is 6.32. The highest BCUT2D eigenvalue weighted by Gasteiger charge is 2.14. The molecule has 13 heavy (non-hydrogen) atoms. The molecule has 0 saturated heterocycles. The molecule has 1 aliphatic rings. The van der Waals surface area contributed by atoms with E-state index in [1.54, 1.807) is 11.9 Å². The fraction of sp³-hybridized carbons (Fsp3) is 0.0909. The van der Waals surface area contributed by atoms with Gasteiger partial charge in [0.05, 0.1) is 0 Å². The summed E-state index contributed by atoms with van der Waals surface area (Å²) in [6.07, 6.45) is 0. The van der Waals surface area contributed by atoms with E-state index in [4.69, 9.17) is 0 Å². The monoisotopic (exact) mass is 189 g/mol. The van der Waals surface area contributed by atoms with Crippen LogP contribution >= 0.6 is 11.9 Å². The van der Waals surface area contributed by atoms with E-state index in [-0.39, 0.29) is 0 Å². The Morgan fingerprint density at radius 1 is 1.46 bits per heavy atom. The second-order valence-corrected chi connectivity index (χ2v) is 4.02. The van der Waals surface area contributed by atoms with E-state index in [0.717, 1.165) is 11.3 Å². The zero-order valence-electron chi connectivity index (χ0n) is 7.55. The van der Waals surface area contributed by atoms with Crippen molar-refractivity contribution >= 4 is 23.2 Å². The van der Waals surface area contributed by atoms with Crippen molar-refractivity contribution in [3.63, 3.8) is 0 Å². The summed E-state index contributed by atoms with van der Waals surface area (Å²) in [5, 5.41) is 0. The van der Waals surface area contributed by atoms with Crippen LogP contribution in [0.1, 0.15) is 18.1 Å². The molecule has 0 fully saturated rings. The molecule has 2 heteroatoms. The van der Waals surface area contributed by atoms with Crippen molar-refractivity contribution in [3.05, 3.63) is 42.5 Å². The number of nitrogens with one attached hydrogen (secondary N) is 1. The lowest BCUT2D eigenvalue weighted by atomic mass is 10.1. The summed E-state index contributed by atoms with van der Waals surface area (Å²) >= 11 is 1.62. The van der Waals surface area contributed by atoms with Crippen molar-refractivity contribution in [2.45, 2.75) is 11.8 Å². The van der Waals surface area contributed by atoms with E-state index >= 15 is 0 Å². The number of allylic oxidation sites excluding steroid dienone is 1. The maximum absolute atomic E-state index is 3.92. The van der Waals surface area contributed by atoms with Crippen LogP contribution < -0.4 is 4.72 Å². The lowest BCUT2D eigenvalue weighted by Crippen LogP contribution is -1.89. The topological polar surface area (TPSA) is 12.0 Å². The zero-order valence-corrected chi connectivity index (χ0v) is 8.37. The summed E-state index contributed by atoms with van der Waals surface area (Å²) in [4.78, 5) is 1.24. The van der Waals surface area contributed by atoms with Crippen molar-refractivity contribution in [1.29, 1.82) is 0 Å². The molecule has 0 aliphatic carbocycles. The second kappa shape index (κ2) is 2.96. The molecule has 0 bridgehead atoms. The van der Waals surface area contributed by atoms with Crippen LogP contribution in [0, 0.1) is 0 Å². The van der Waals surface area contributed by atoms with Crippen LogP contribution in [0.2, 0.25) is 0 Å². The summed E-state index contributed by atoms with van der Waals surface area (Å²) in [5.41, 5.74) is 4.49. The van der Waals surface area contributed by atoms with Gasteiger partial charge >= 0.3 is 0 Å². The molecule has 0 aromatic heterocycles. The minimum absolute atomic E-state index is 0.994. The van der Waals surface area contributed by atoms with E-state index in [9.17, 15) is 0 Å². The Morgan fingerprint density at radius 2 is 2.23 bits per heavy atom. The van der Waals surface area contributed by atoms with E-state index < -0.39 is 0 Å². The first kappa shape index (κ1) is 8.45. The Morgan fingerprint density at radius 3 is 2.92 bits per heavy atom. The van der Waals surface area contributed by atoms with Crippen molar-refractivity contribution < 1.29 is 0 Å². The SMILES string of the molecule is C=C(C)c1ccc2c(c1)SNC2=C. The Bertz CT molecular complexity index is 393. The van der Waals surface area contributed by atoms with E-state index in [1.807, 2.05) is 6.92 Å². The molecule has 0 saturated carbocycles. The molecule has 0 radical (unpaired) electrons. The van der Waals surface area contributed by atoms with Gasteiger partial charge in [-0.3, -0.25) is 0 Å². The van der Waals surface area contributed by atoms with Gasteiger partial charge in [0.2, 0.25) is 0 Å². The first-order valence-corrected chi connectivity index (χ1v) is 4.92. The molecular formula is C11H11NS. The molecule has 0 atom stereocenters. The third kappa shape index (κ3) is 1.38. The molecule has 0 spiro atoms. The molecule has 2 rings (SSSR count). The molecule has 1 aromatic carbocycles. The molecule has 0 unspecified atom stereocenters. The summed E-state index contributed by atoms with van der Waals surface area (Å²) in [7, 11) is 0. The van der Waals surface area contributed by atoms with Crippen molar-refractivity contribution in [3.8, 4) is 0 Å². The fourth-order valence-electron chi connectivity index (χ4n) is 1.29. The van der Waals surface area contributed by atoms with Gasteiger partial charge in [-0.25, -0.2) is 0 Å². The Balaban J connectivity index is 2.51. The number of fused-ring (bicyclic) bond motifs is 1. The standard InChI is InChI=1S/C11H11NS/c1-7(2)9-4-5-10-8(3)12-13-11(10)6-9/h4-6,12H,1,3H2,2H3. The van der Waals surface area contributed by atoms with Crippen molar-refractivity contribution in [2.75, 3.05) is 0 Å². The average Bonchev–Trinajstić information content (AvgIpc) is 2.47. The highest BCUT2D eigenvalue weighted by molar-refractivity contribution is 7.98. The van der Waals surface area contributed by atoms with Gasteiger partial charge in [-0.15, -0.1) is 0 Å². The Kier molecular flexibility index (Phi) is 1.93. The lowest BCUT2D eigenvalue weighted by molar-refractivity contribution is 1.38. The van der Waals surface area contributed by atoms with Crippen LogP contribution in [0.5, 0.6) is 0 Å². The predicted octanol–water partition coefficient (Wildman–Crippen LogP) is 3.30. The molecule has 0 amide bonds. The van der Waals surface area contributed by atoms with E-state index in [0.29, 0.717) is 0 Å². The molecular weight excluding hydrogens is 178 g/mol. The van der Waals surface area contributed by atoms with Crippen LogP contribution in [0.4, 0.5) is 0 Å². The molecule has 66 valence electrons.